The monoisotopic (exact) mass is 263 g/mol. The Morgan fingerprint density at radius 2 is 2.11 bits per heavy atom. The molecule has 0 aliphatic carbocycles. The van der Waals surface area contributed by atoms with E-state index in [9.17, 15) is 0 Å². The first-order valence-electron chi connectivity index (χ1n) is 5.90. The highest BCUT2D eigenvalue weighted by Gasteiger charge is 2.10. The third-order valence-corrected chi connectivity index (χ3v) is 3.57. The van der Waals surface area contributed by atoms with Crippen LogP contribution in [-0.2, 0) is 13.0 Å². The second-order valence-corrected chi connectivity index (χ2v) is 4.74. The minimum absolute atomic E-state index is 0.766. The normalized spacial score (nSPS) is 10.4. The van der Waals surface area contributed by atoms with Gasteiger partial charge >= 0.3 is 0 Å². The summed E-state index contributed by atoms with van der Waals surface area (Å²) < 4.78 is 9.65. The summed E-state index contributed by atoms with van der Waals surface area (Å²) in [4.78, 5) is 6.56. The molecule has 2 aromatic rings. The van der Waals surface area contributed by atoms with Crippen molar-refractivity contribution in [1.82, 2.24) is 9.36 Å². The van der Waals surface area contributed by atoms with Crippen LogP contribution in [0.3, 0.4) is 0 Å². The molecule has 0 bridgehead atoms. The molecule has 0 fully saturated rings. The molecular formula is C13H17N3OS. The highest BCUT2D eigenvalue weighted by molar-refractivity contribution is 7.09. The van der Waals surface area contributed by atoms with Gasteiger partial charge in [-0.1, -0.05) is 25.1 Å². The van der Waals surface area contributed by atoms with Gasteiger partial charge in [0.15, 0.2) is 0 Å². The van der Waals surface area contributed by atoms with Crippen LogP contribution in [0.1, 0.15) is 18.3 Å². The summed E-state index contributed by atoms with van der Waals surface area (Å²) in [5.41, 5.74) is 1.15. The maximum absolute atomic E-state index is 5.35. The number of rotatable bonds is 5. The Morgan fingerprint density at radius 1 is 1.33 bits per heavy atom. The second-order valence-electron chi connectivity index (χ2n) is 4.01. The topological polar surface area (TPSA) is 38.2 Å². The van der Waals surface area contributed by atoms with Crippen LogP contribution >= 0.6 is 11.5 Å². The number of para-hydroxylation sites is 1. The fraction of sp³-hybridized carbons (Fsp3) is 0.385. The van der Waals surface area contributed by atoms with Crippen molar-refractivity contribution in [3.05, 3.63) is 35.7 Å². The smallest absolute Gasteiger partial charge is 0.205 e. The van der Waals surface area contributed by atoms with Crippen LogP contribution in [0.15, 0.2) is 24.3 Å². The zero-order chi connectivity index (χ0) is 13.0. The number of aromatic nitrogens is 2. The third kappa shape index (κ3) is 2.79. The number of aryl methyl sites for hydroxylation is 1. The first-order valence-corrected chi connectivity index (χ1v) is 6.67. The average molecular weight is 263 g/mol. The quantitative estimate of drug-likeness (QED) is 0.831. The number of methoxy groups -OCH3 is 1. The van der Waals surface area contributed by atoms with Gasteiger partial charge in [0.05, 0.1) is 7.11 Å². The molecule has 0 aliphatic heterocycles. The molecule has 1 heterocycles. The van der Waals surface area contributed by atoms with E-state index < -0.39 is 0 Å². The first-order chi connectivity index (χ1) is 8.74. The Kier molecular flexibility index (Phi) is 4.15. The van der Waals surface area contributed by atoms with E-state index in [1.54, 1.807) is 7.11 Å². The fourth-order valence-corrected chi connectivity index (χ4v) is 2.41. The van der Waals surface area contributed by atoms with E-state index in [4.69, 9.17) is 4.74 Å². The number of ether oxygens (including phenoxy) is 1. The van der Waals surface area contributed by atoms with Crippen molar-refractivity contribution in [2.45, 2.75) is 19.9 Å². The van der Waals surface area contributed by atoms with Crippen LogP contribution in [0.4, 0.5) is 5.13 Å². The average Bonchev–Trinajstić information content (AvgIpc) is 2.88. The molecule has 0 saturated carbocycles. The van der Waals surface area contributed by atoms with Crippen LogP contribution < -0.4 is 9.64 Å². The number of anilines is 1. The first kappa shape index (κ1) is 12.8. The second kappa shape index (κ2) is 5.82. The van der Waals surface area contributed by atoms with Gasteiger partial charge in [0.1, 0.15) is 11.6 Å². The Bertz CT molecular complexity index is 512. The van der Waals surface area contributed by atoms with E-state index in [0.717, 1.165) is 35.2 Å². The highest BCUT2D eigenvalue weighted by Crippen LogP contribution is 2.23. The van der Waals surface area contributed by atoms with Gasteiger partial charge in [-0.05, 0) is 6.07 Å². The van der Waals surface area contributed by atoms with Crippen molar-refractivity contribution >= 4 is 16.7 Å². The van der Waals surface area contributed by atoms with Crippen LogP contribution in [0.5, 0.6) is 5.75 Å². The predicted octanol–water partition coefficient (Wildman–Crippen LogP) is 2.75. The summed E-state index contributed by atoms with van der Waals surface area (Å²) in [5.74, 6) is 1.81. The fourth-order valence-electron chi connectivity index (χ4n) is 1.70. The molecule has 0 aliphatic rings. The van der Waals surface area contributed by atoms with Crippen molar-refractivity contribution in [2.24, 2.45) is 0 Å². The summed E-state index contributed by atoms with van der Waals surface area (Å²) in [6.45, 7) is 2.83. The zero-order valence-electron chi connectivity index (χ0n) is 10.9. The van der Waals surface area contributed by atoms with Gasteiger partial charge in [0.2, 0.25) is 5.13 Å². The molecule has 0 saturated heterocycles. The lowest BCUT2D eigenvalue weighted by atomic mass is 10.2. The number of nitrogens with zero attached hydrogens (tertiary/aromatic N) is 3. The van der Waals surface area contributed by atoms with Gasteiger partial charge in [0.25, 0.3) is 0 Å². The number of benzene rings is 1. The number of hydrogen-bond donors (Lipinski definition) is 0. The number of hydrogen-bond acceptors (Lipinski definition) is 5. The molecule has 0 radical (unpaired) electrons. The summed E-state index contributed by atoms with van der Waals surface area (Å²) in [6.07, 6.45) is 0.874. The third-order valence-electron chi connectivity index (χ3n) is 2.70. The van der Waals surface area contributed by atoms with E-state index in [1.165, 1.54) is 11.5 Å². The van der Waals surface area contributed by atoms with Crippen molar-refractivity contribution in [2.75, 3.05) is 19.1 Å². The molecule has 0 atom stereocenters. The molecule has 2 rings (SSSR count). The Balaban J connectivity index is 2.13. The van der Waals surface area contributed by atoms with Gasteiger partial charge in [-0.2, -0.15) is 4.37 Å². The van der Waals surface area contributed by atoms with Gasteiger partial charge in [-0.15, -0.1) is 0 Å². The van der Waals surface area contributed by atoms with Gasteiger partial charge in [-0.25, -0.2) is 4.98 Å². The van der Waals surface area contributed by atoms with Crippen molar-refractivity contribution in [3.8, 4) is 5.75 Å². The minimum atomic E-state index is 0.766. The van der Waals surface area contributed by atoms with E-state index >= 15 is 0 Å². The summed E-state index contributed by atoms with van der Waals surface area (Å²) >= 11 is 1.44. The van der Waals surface area contributed by atoms with Gasteiger partial charge < -0.3 is 9.64 Å². The summed E-state index contributed by atoms with van der Waals surface area (Å²) in [6, 6.07) is 8.03. The summed E-state index contributed by atoms with van der Waals surface area (Å²) in [7, 11) is 3.71. The standard InChI is InChI=1S/C13H17N3OS/c1-4-12-14-13(18-15-12)16(2)9-10-7-5-6-8-11(10)17-3/h5-8H,4,9H2,1-3H3. The van der Waals surface area contributed by atoms with Crippen molar-refractivity contribution < 1.29 is 4.74 Å². The lowest BCUT2D eigenvalue weighted by molar-refractivity contribution is 0.409. The molecule has 5 heteroatoms. The minimum Gasteiger partial charge on any atom is -0.496 e. The van der Waals surface area contributed by atoms with Crippen molar-refractivity contribution in [1.29, 1.82) is 0 Å². The van der Waals surface area contributed by atoms with Gasteiger partial charge in [-0.3, -0.25) is 0 Å². The molecule has 96 valence electrons. The van der Waals surface area contributed by atoms with E-state index in [0.29, 0.717) is 0 Å². The van der Waals surface area contributed by atoms with Crippen LogP contribution in [0, 0.1) is 0 Å². The molecule has 0 unspecified atom stereocenters. The predicted molar refractivity (Wildman–Crippen MR) is 74.4 cm³/mol. The molecule has 4 nitrogen and oxygen atoms in total. The maximum atomic E-state index is 5.35. The molecule has 1 aromatic heterocycles. The largest absolute Gasteiger partial charge is 0.496 e. The van der Waals surface area contributed by atoms with Gasteiger partial charge in [0, 0.05) is 37.1 Å². The Hall–Kier alpha value is -1.62. The van der Waals surface area contributed by atoms with E-state index in [2.05, 4.69) is 27.2 Å². The SMILES string of the molecule is CCc1nsc(N(C)Cc2ccccc2OC)n1. The van der Waals surface area contributed by atoms with E-state index in [-0.39, 0.29) is 0 Å². The lowest BCUT2D eigenvalue weighted by Crippen LogP contribution is -2.16. The molecule has 1 aromatic carbocycles. The lowest BCUT2D eigenvalue weighted by Gasteiger charge is -2.17. The Labute approximate surface area is 111 Å². The zero-order valence-corrected chi connectivity index (χ0v) is 11.7. The summed E-state index contributed by atoms with van der Waals surface area (Å²) in [5, 5.41) is 0.942. The van der Waals surface area contributed by atoms with E-state index in [1.807, 2.05) is 25.2 Å². The highest BCUT2D eigenvalue weighted by atomic mass is 32.1. The Morgan fingerprint density at radius 3 is 2.78 bits per heavy atom. The van der Waals surface area contributed by atoms with Crippen molar-refractivity contribution in [3.63, 3.8) is 0 Å². The molecule has 18 heavy (non-hydrogen) atoms. The molecule has 0 amide bonds. The van der Waals surface area contributed by atoms with Crippen LogP contribution in [-0.4, -0.2) is 23.5 Å². The van der Waals surface area contributed by atoms with Crippen LogP contribution in [0.2, 0.25) is 0 Å². The molecule has 0 spiro atoms. The molecular weight excluding hydrogens is 246 g/mol. The van der Waals surface area contributed by atoms with Crippen LogP contribution in [0.25, 0.3) is 0 Å². The molecule has 0 N–H and O–H groups in total. The maximum Gasteiger partial charge on any atom is 0.205 e.